The molecule has 0 atom stereocenters. The molecule has 0 amide bonds. The predicted molar refractivity (Wildman–Crippen MR) is 94.7 cm³/mol. The maximum absolute atomic E-state index is 11.2. The van der Waals surface area contributed by atoms with E-state index in [-0.39, 0.29) is 12.3 Å². The Bertz CT molecular complexity index is 909. The SMILES string of the molecule is COc1cc(/C=C(\CC(=O)[O-])c2nc(-c3ccsc3)no2)cc(OC)c1. The van der Waals surface area contributed by atoms with Crippen LogP contribution in [0.4, 0.5) is 0 Å². The molecule has 0 saturated carbocycles. The van der Waals surface area contributed by atoms with Crippen LogP contribution in [-0.4, -0.2) is 30.3 Å². The zero-order valence-electron chi connectivity index (χ0n) is 14.1. The van der Waals surface area contributed by atoms with Gasteiger partial charge in [0.2, 0.25) is 5.82 Å². The topological polar surface area (TPSA) is 97.5 Å². The first-order valence-corrected chi connectivity index (χ1v) is 8.53. The molecule has 26 heavy (non-hydrogen) atoms. The van der Waals surface area contributed by atoms with E-state index >= 15 is 0 Å². The second kappa shape index (κ2) is 7.83. The Kier molecular flexibility index (Phi) is 5.33. The number of hydrogen-bond donors (Lipinski definition) is 0. The molecular weight excluding hydrogens is 356 g/mol. The molecule has 0 spiro atoms. The van der Waals surface area contributed by atoms with E-state index in [0.29, 0.717) is 28.5 Å². The van der Waals surface area contributed by atoms with E-state index in [1.807, 2.05) is 16.8 Å². The molecule has 3 aromatic rings. The van der Waals surface area contributed by atoms with Gasteiger partial charge in [-0.15, -0.1) is 0 Å². The highest BCUT2D eigenvalue weighted by atomic mass is 32.1. The number of ether oxygens (including phenoxy) is 2. The van der Waals surface area contributed by atoms with E-state index in [1.165, 1.54) is 25.6 Å². The molecule has 134 valence electrons. The largest absolute Gasteiger partial charge is 0.550 e. The summed E-state index contributed by atoms with van der Waals surface area (Å²) >= 11 is 1.51. The van der Waals surface area contributed by atoms with Crippen molar-refractivity contribution < 1.29 is 23.9 Å². The highest BCUT2D eigenvalue weighted by Gasteiger charge is 2.14. The van der Waals surface area contributed by atoms with Crippen molar-refractivity contribution in [3.8, 4) is 22.9 Å². The number of carboxylic acid groups (broad SMARTS) is 1. The van der Waals surface area contributed by atoms with Gasteiger partial charge in [-0.25, -0.2) is 0 Å². The van der Waals surface area contributed by atoms with E-state index in [2.05, 4.69) is 10.1 Å². The Morgan fingerprint density at radius 1 is 1.27 bits per heavy atom. The third-order valence-corrected chi connectivity index (χ3v) is 4.21. The number of methoxy groups -OCH3 is 2. The minimum absolute atomic E-state index is 0.122. The molecule has 0 radical (unpaired) electrons. The molecule has 0 aliphatic heterocycles. The Labute approximate surface area is 153 Å². The Balaban J connectivity index is 2.01. The molecule has 2 aromatic heterocycles. The summed E-state index contributed by atoms with van der Waals surface area (Å²) < 4.78 is 15.7. The molecule has 3 rings (SSSR count). The highest BCUT2D eigenvalue weighted by Crippen LogP contribution is 2.28. The van der Waals surface area contributed by atoms with Crippen LogP contribution in [0.25, 0.3) is 23.0 Å². The fourth-order valence-electron chi connectivity index (χ4n) is 2.32. The van der Waals surface area contributed by atoms with Crippen molar-refractivity contribution in [2.75, 3.05) is 14.2 Å². The Morgan fingerprint density at radius 3 is 2.58 bits per heavy atom. The number of thiophene rings is 1. The quantitative estimate of drug-likeness (QED) is 0.629. The minimum Gasteiger partial charge on any atom is -0.550 e. The Morgan fingerprint density at radius 2 is 2.00 bits per heavy atom. The molecule has 7 nitrogen and oxygen atoms in total. The maximum Gasteiger partial charge on any atom is 0.254 e. The van der Waals surface area contributed by atoms with Crippen molar-refractivity contribution in [2.45, 2.75) is 6.42 Å². The van der Waals surface area contributed by atoms with Gasteiger partial charge in [0.05, 0.1) is 14.2 Å². The molecule has 0 aliphatic carbocycles. The van der Waals surface area contributed by atoms with Crippen molar-refractivity contribution in [1.29, 1.82) is 0 Å². The molecule has 0 N–H and O–H groups in total. The molecular formula is C18H15N2O5S-. The van der Waals surface area contributed by atoms with Gasteiger partial charge in [0.25, 0.3) is 5.89 Å². The lowest BCUT2D eigenvalue weighted by atomic mass is 10.1. The number of hydrogen-bond acceptors (Lipinski definition) is 8. The van der Waals surface area contributed by atoms with Crippen LogP contribution in [0.1, 0.15) is 17.9 Å². The summed E-state index contributed by atoms with van der Waals surface area (Å²) in [7, 11) is 3.07. The highest BCUT2D eigenvalue weighted by molar-refractivity contribution is 7.08. The van der Waals surface area contributed by atoms with Crippen molar-refractivity contribution in [3.05, 3.63) is 46.5 Å². The number of nitrogens with zero attached hydrogens (tertiary/aromatic N) is 2. The van der Waals surface area contributed by atoms with Gasteiger partial charge < -0.3 is 23.9 Å². The lowest BCUT2D eigenvalue weighted by Gasteiger charge is -2.08. The molecule has 1 aromatic carbocycles. The summed E-state index contributed by atoms with van der Waals surface area (Å²) in [6.45, 7) is 0. The fraction of sp³-hybridized carbons (Fsp3) is 0.167. The van der Waals surface area contributed by atoms with Crippen molar-refractivity contribution in [1.82, 2.24) is 10.1 Å². The van der Waals surface area contributed by atoms with Crippen LogP contribution in [0.2, 0.25) is 0 Å². The number of benzene rings is 1. The number of aliphatic carboxylic acids is 1. The number of carbonyl (C=O) groups is 1. The lowest BCUT2D eigenvalue weighted by molar-refractivity contribution is -0.304. The zero-order valence-corrected chi connectivity index (χ0v) is 14.9. The molecule has 0 bridgehead atoms. The summed E-state index contributed by atoms with van der Waals surface area (Å²) in [6.07, 6.45) is 1.26. The summed E-state index contributed by atoms with van der Waals surface area (Å²) in [4.78, 5) is 15.5. The predicted octanol–water partition coefficient (Wildman–Crippen LogP) is 2.50. The second-order valence-corrected chi connectivity index (χ2v) is 6.08. The van der Waals surface area contributed by atoms with Crippen molar-refractivity contribution >= 4 is 29.0 Å². The number of rotatable bonds is 7. The van der Waals surface area contributed by atoms with Crippen LogP contribution >= 0.6 is 11.3 Å². The van der Waals surface area contributed by atoms with E-state index in [0.717, 1.165) is 5.56 Å². The monoisotopic (exact) mass is 371 g/mol. The van der Waals surface area contributed by atoms with Gasteiger partial charge in [-0.1, -0.05) is 5.16 Å². The average Bonchev–Trinajstić information content (AvgIpc) is 3.31. The van der Waals surface area contributed by atoms with Crippen LogP contribution in [0.15, 0.2) is 39.5 Å². The normalized spacial score (nSPS) is 11.4. The van der Waals surface area contributed by atoms with Gasteiger partial charge in [0.1, 0.15) is 11.5 Å². The van der Waals surface area contributed by atoms with Crippen molar-refractivity contribution in [2.24, 2.45) is 0 Å². The molecule has 0 unspecified atom stereocenters. The first kappa shape index (κ1) is 17.7. The maximum atomic E-state index is 11.2. The summed E-state index contributed by atoms with van der Waals surface area (Å²) in [5.41, 5.74) is 1.81. The van der Waals surface area contributed by atoms with Crippen molar-refractivity contribution in [3.63, 3.8) is 0 Å². The van der Waals surface area contributed by atoms with Crippen LogP contribution in [-0.2, 0) is 4.79 Å². The van der Waals surface area contributed by atoms with Gasteiger partial charge >= 0.3 is 0 Å². The van der Waals surface area contributed by atoms with Crippen LogP contribution in [0.5, 0.6) is 11.5 Å². The number of aromatic nitrogens is 2. The average molecular weight is 371 g/mol. The summed E-state index contributed by atoms with van der Waals surface area (Å²) in [5.74, 6) is 0.424. The minimum atomic E-state index is -1.25. The lowest BCUT2D eigenvalue weighted by Crippen LogP contribution is -2.22. The van der Waals surface area contributed by atoms with E-state index in [4.69, 9.17) is 14.0 Å². The van der Waals surface area contributed by atoms with Crippen LogP contribution in [0.3, 0.4) is 0 Å². The second-order valence-electron chi connectivity index (χ2n) is 5.30. The number of carbonyl (C=O) groups excluding carboxylic acids is 1. The third-order valence-electron chi connectivity index (χ3n) is 3.53. The van der Waals surface area contributed by atoms with Crippen LogP contribution in [0, 0.1) is 0 Å². The fourth-order valence-corrected chi connectivity index (χ4v) is 2.96. The third kappa shape index (κ3) is 4.09. The van der Waals surface area contributed by atoms with E-state index < -0.39 is 5.97 Å². The van der Waals surface area contributed by atoms with Crippen LogP contribution < -0.4 is 14.6 Å². The van der Waals surface area contributed by atoms with Gasteiger partial charge in [0.15, 0.2) is 0 Å². The van der Waals surface area contributed by atoms with Gasteiger partial charge in [-0.05, 0) is 35.2 Å². The smallest absolute Gasteiger partial charge is 0.254 e. The molecule has 8 heteroatoms. The molecule has 0 fully saturated rings. The zero-order chi connectivity index (χ0) is 18.5. The van der Waals surface area contributed by atoms with Gasteiger partial charge in [-0.3, -0.25) is 0 Å². The molecule has 0 aliphatic rings. The first-order valence-electron chi connectivity index (χ1n) is 7.59. The Hall–Kier alpha value is -3.13. The standard InChI is InChI=1S/C18H16N2O5S/c1-23-14-6-11(7-15(9-14)24-2)5-13(8-16(21)22)18-19-17(20-25-18)12-3-4-26-10-12/h3-7,9-10H,8H2,1-2H3,(H,21,22)/p-1/b13-5+. The van der Waals surface area contributed by atoms with E-state index in [9.17, 15) is 9.90 Å². The summed E-state index contributed by atoms with van der Waals surface area (Å²) in [6, 6.07) is 7.06. The number of carboxylic acids is 1. The van der Waals surface area contributed by atoms with Gasteiger partial charge in [0, 0.05) is 35.0 Å². The summed E-state index contributed by atoms with van der Waals surface area (Å²) in [5, 5.41) is 18.9. The van der Waals surface area contributed by atoms with E-state index in [1.54, 1.807) is 24.3 Å². The van der Waals surface area contributed by atoms with Gasteiger partial charge in [-0.2, -0.15) is 16.3 Å². The molecule has 0 saturated heterocycles. The molecule has 2 heterocycles. The first-order chi connectivity index (χ1) is 12.6.